The Morgan fingerprint density at radius 3 is 2.92 bits per heavy atom. The van der Waals surface area contributed by atoms with E-state index in [0.717, 1.165) is 11.0 Å². The van der Waals surface area contributed by atoms with Gasteiger partial charge in [-0.15, -0.1) is 6.58 Å². The molecule has 0 aliphatic carbocycles. The highest BCUT2D eigenvalue weighted by atomic mass is 127. The minimum atomic E-state index is 0.210. The second-order valence-electron chi connectivity index (χ2n) is 3.23. The summed E-state index contributed by atoms with van der Waals surface area (Å²) in [7, 11) is 0. The Morgan fingerprint density at radius 2 is 2.50 bits per heavy atom. The van der Waals surface area contributed by atoms with Gasteiger partial charge in [0.25, 0.3) is 0 Å². The Bertz CT molecular complexity index is 193. The van der Waals surface area contributed by atoms with Gasteiger partial charge in [-0.1, -0.05) is 35.6 Å². The number of alkyl halides is 1. The second kappa shape index (κ2) is 4.25. The number of carbonyl (C=O) groups is 1. The van der Waals surface area contributed by atoms with E-state index in [2.05, 4.69) is 29.2 Å². The van der Waals surface area contributed by atoms with Crippen LogP contribution in [-0.2, 0) is 4.79 Å². The summed E-state index contributed by atoms with van der Waals surface area (Å²) in [6, 6.07) is 0. The van der Waals surface area contributed by atoms with Gasteiger partial charge in [0, 0.05) is 23.4 Å². The minimum Gasteiger partial charge on any atom is -0.338 e. The summed E-state index contributed by atoms with van der Waals surface area (Å²) in [6.07, 6.45) is 1.79. The van der Waals surface area contributed by atoms with Crippen LogP contribution in [-0.4, -0.2) is 28.3 Å². The normalized spacial score (nSPS) is 29.5. The van der Waals surface area contributed by atoms with Gasteiger partial charge in [-0.25, -0.2) is 0 Å². The molecule has 1 fully saturated rings. The van der Waals surface area contributed by atoms with Gasteiger partial charge in [-0.3, -0.25) is 4.79 Å². The van der Waals surface area contributed by atoms with Gasteiger partial charge in [0.1, 0.15) is 0 Å². The van der Waals surface area contributed by atoms with Gasteiger partial charge < -0.3 is 4.90 Å². The number of hydrogen-bond acceptors (Lipinski definition) is 1. The molecule has 0 radical (unpaired) electrons. The molecule has 1 rings (SSSR count). The fourth-order valence-electron chi connectivity index (χ4n) is 1.52. The highest BCUT2D eigenvalue weighted by Crippen LogP contribution is 2.25. The highest BCUT2D eigenvalue weighted by molar-refractivity contribution is 14.1. The summed E-state index contributed by atoms with van der Waals surface area (Å²) < 4.78 is 1.07. The predicted octanol–water partition coefficient (Wildman–Crippen LogP) is 1.70. The molecule has 1 heterocycles. The molecule has 1 aliphatic rings. The van der Waals surface area contributed by atoms with Crippen LogP contribution in [0.1, 0.15) is 6.92 Å². The van der Waals surface area contributed by atoms with Crippen molar-refractivity contribution in [2.75, 3.05) is 17.5 Å². The molecule has 1 saturated heterocycles. The van der Waals surface area contributed by atoms with E-state index >= 15 is 0 Å². The molecular weight excluding hydrogens is 265 g/mol. The van der Waals surface area contributed by atoms with E-state index < -0.39 is 0 Å². The topological polar surface area (TPSA) is 20.3 Å². The molecule has 1 amide bonds. The molecule has 2 atom stereocenters. The lowest BCUT2D eigenvalue weighted by atomic mass is 10.0. The standard InChI is InChI=1S/C9H14INO/c1-3-4-11-6-8(5-10)7(2)9(11)12/h3,7-8H,1,4-6H2,2H3/t7-,8+/m1/s1. The minimum absolute atomic E-state index is 0.210. The molecule has 2 nitrogen and oxygen atoms in total. The number of carbonyl (C=O) groups excluding carboxylic acids is 1. The molecule has 0 saturated carbocycles. The number of amides is 1. The maximum absolute atomic E-state index is 11.5. The highest BCUT2D eigenvalue weighted by Gasteiger charge is 2.35. The van der Waals surface area contributed by atoms with Crippen LogP contribution in [0.4, 0.5) is 0 Å². The summed E-state index contributed by atoms with van der Waals surface area (Å²) in [5.74, 6) is 1.04. The van der Waals surface area contributed by atoms with Crippen LogP contribution in [0.25, 0.3) is 0 Å². The first-order valence-electron chi connectivity index (χ1n) is 4.16. The third kappa shape index (κ3) is 1.81. The summed E-state index contributed by atoms with van der Waals surface area (Å²) >= 11 is 2.35. The molecule has 0 N–H and O–H groups in total. The largest absolute Gasteiger partial charge is 0.338 e. The second-order valence-corrected chi connectivity index (χ2v) is 4.12. The van der Waals surface area contributed by atoms with Crippen LogP contribution < -0.4 is 0 Å². The predicted molar refractivity (Wildman–Crippen MR) is 58.3 cm³/mol. The maximum Gasteiger partial charge on any atom is 0.226 e. The molecule has 1 aliphatic heterocycles. The molecule has 0 bridgehead atoms. The van der Waals surface area contributed by atoms with Gasteiger partial charge in [-0.05, 0) is 5.92 Å². The molecule has 0 aromatic carbocycles. The Hall–Kier alpha value is -0.0600. The Morgan fingerprint density at radius 1 is 1.83 bits per heavy atom. The lowest BCUT2D eigenvalue weighted by molar-refractivity contribution is -0.130. The zero-order valence-corrected chi connectivity index (χ0v) is 9.45. The van der Waals surface area contributed by atoms with Crippen molar-refractivity contribution in [1.82, 2.24) is 4.90 Å². The van der Waals surface area contributed by atoms with Crippen LogP contribution >= 0.6 is 22.6 Å². The first kappa shape index (κ1) is 10.0. The number of halogens is 1. The van der Waals surface area contributed by atoms with Crippen molar-refractivity contribution in [3.63, 3.8) is 0 Å². The summed E-state index contributed by atoms with van der Waals surface area (Å²) in [5, 5.41) is 0. The van der Waals surface area contributed by atoms with Crippen molar-refractivity contribution >= 4 is 28.5 Å². The first-order valence-corrected chi connectivity index (χ1v) is 5.69. The molecule has 0 aromatic heterocycles. The molecule has 0 unspecified atom stereocenters. The number of likely N-dealkylation sites (tertiary alicyclic amines) is 1. The van der Waals surface area contributed by atoms with E-state index in [-0.39, 0.29) is 11.8 Å². The molecule has 3 heteroatoms. The van der Waals surface area contributed by atoms with Crippen molar-refractivity contribution in [2.45, 2.75) is 6.92 Å². The summed E-state index contributed by atoms with van der Waals surface area (Å²) in [6.45, 7) is 7.28. The molecule has 12 heavy (non-hydrogen) atoms. The van der Waals surface area contributed by atoms with E-state index in [1.54, 1.807) is 6.08 Å². The van der Waals surface area contributed by atoms with Crippen molar-refractivity contribution in [1.29, 1.82) is 0 Å². The first-order chi connectivity index (χ1) is 5.70. The molecular formula is C9H14INO. The van der Waals surface area contributed by atoms with E-state index in [0.29, 0.717) is 12.5 Å². The van der Waals surface area contributed by atoms with Crippen LogP contribution in [0, 0.1) is 11.8 Å². The van der Waals surface area contributed by atoms with Gasteiger partial charge in [0.2, 0.25) is 5.91 Å². The van der Waals surface area contributed by atoms with Gasteiger partial charge in [0.05, 0.1) is 0 Å². The Balaban J connectivity index is 2.60. The molecule has 0 aromatic rings. The van der Waals surface area contributed by atoms with Gasteiger partial charge in [0.15, 0.2) is 0 Å². The van der Waals surface area contributed by atoms with Gasteiger partial charge >= 0.3 is 0 Å². The quantitative estimate of drug-likeness (QED) is 0.437. The van der Waals surface area contributed by atoms with Crippen molar-refractivity contribution in [2.24, 2.45) is 11.8 Å². The third-order valence-corrected chi connectivity index (χ3v) is 3.54. The zero-order chi connectivity index (χ0) is 9.14. The zero-order valence-electron chi connectivity index (χ0n) is 7.29. The SMILES string of the molecule is C=CCN1C[C@H](CI)[C@@H](C)C1=O. The number of rotatable bonds is 3. The number of hydrogen-bond donors (Lipinski definition) is 0. The Kier molecular flexibility index (Phi) is 3.55. The molecule has 68 valence electrons. The van der Waals surface area contributed by atoms with Crippen LogP contribution in [0.2, 0.25) is 0 Å². The van der Waals surface area contributed by atoms with Crippen molar-refractivity contribution in [3.05, 3.63) is 12.7 Å². The Labute approximate surface area is 87.1 Å². The smallest absolute Gasteiger partial charge is 0.226 e. The van der Waals surface area contributed by atoms with E-state index in [1.807, 2.05) is 11.8 Å². The van der Waals surface area contributed by atoms with Crippen molar-refractivity contribution in [3.8, 4) is 0 Å². The monoisotopic (exact) mass is 279 g/mol. The van der Waals surface area contributed by atoms with Crippen LogP contribution in [0.15, 0.2) is 12.7 Å². The van der Waals surface area contributed by atoms with E-state index in [4.69, 9.17) is 0 Å². The van der Waals surface area contributed by atoms with Crippen LogP contribution in [0.3, 0.4) is 0 Å². The molecule has 0 spiro atoms. The lowest BCUT2D eigenvalue weighted by Gasteiger charge is -2.12. The fourth-order valence-corrected chi connectivity index (χ4v) is 2.56. The number of nitrogens with zero attached hydrogens (tertiary/aromatic N) is 1. The van der Waals surface area contributed by atoms with Gasteiger partial charge in [-0.2, -0.15) is 0 Å². The maximum atomic E-state index is 11.5. The lowest BCUT2D eigenvalue weighted by Crippen LogP contribution is -2.26. The van der Waals surface area contributed by atoms with E-state index in [1.165, 1.54) is 0 Å². The van der Waals surface area contributed by atoms with Crippen molar-refractivity contribution < 1.29 is 4.79 Å². The average Bonchev–Trinajstić information content (AvgIpc) is 2.33. The summed E-state index contributed by atoms with van der Waals surface area (Å²) in [4.78, 5) is 13.4. The van der Waals surface area contributed by atoms with E-state index in [9.17, 15) is 4.79 Å². The summed E-state index contributed by atoms with van der Waals surface area (Å²) in [5.41, 5.74) is 0. The third-order valence-electron chi connectivity index (χ3n) is 2.41. The van der Waals surface area contributed by atoms with Crippen LogP contribution in [0.5, 0.6) is 0 Å². The fraction of sp³-hybridized carbons (Fsp3) is 0.667. The average molecular weight is 279 g/mol.